The van der Waals surface area contributed by atoms with Gasteiger partial charge in [-0.25, -0.2) is 4.79 Å². The average molecular weight is 263 g/mol. The lowest BCUT2D eigenvalue weighted by molar-refractivity contribution is -0.143. The highest BCUT2D eigenvalue weighted by atomic mass is 16.4. The van der Waals surface area contributed by atoms with Crippen LogP contribution in [0.5, 0.6) is 0 Å². The molecule has 0 aromatic heterocycles. The van der Waals surface area contributed by atoms with Gasteiger partial charge in [0.25, 0.3) is 0 Å². The molecule has 0 aliphatic rings. The first kappa shape index (κ1) is 15.2. The second-order valence-corrected chi connectivity index (χ2v) is 4.97. The SMILES string of the molecule is CCc1ccc(CC(=O)N[C@@H](C(=O)O)C(C)C)cc1. The lowest BCUT2D eigenvalue weighted by Crippen LogP contribution is -2.44. The molecule has 1 amide bonds. The number of hydrogen-bond acceptors (Lipinski definition) is 2. The zero-order chi connectivity index (χ0) is 14.4. The van der Waals surface area contributed by atoms with E-state index in [1.54, 1.807) is 13.8 Å². The molecule has 1 aromatic rings. The largest absolute Gasteiger partial charge is 0.480 e. The lowest BCUT2D eigenvalue weighted by Gasteiger charge is -2.17. The van der Waals surface area contributed by atoms with E-state index < -0.39 is 12.0 Å². The van der Waals surface area contributed by atoms with Gasteiger partial charge < -0.3 is 10.4 Å². The lowest BCUT2D eigenvalue weighted by atomic mass is 10.0. The standard InChI is InChI=1S/C15H21NO3/c1-4-11-5-7-12(8-6-11)9-13(17)16-14(10(2)3)15(18)19/h5-8,10,14H,4,9H2,1-3H3,(H,16,17)(H,18,19)/t14-/m1/s1. The summed E-state index contributed by atoms with van der Waals surface area (Å²) in [7, 11) is 0. The maximum absolute atomic E-state index is 11.8. The van der Waals surface area contributed by atoms with Gasteiger partial charge >= 0.3 is 5.97 Å². The molecule has 1 atom stereocenters. The number of hydrogen-bond donors (Lipinski definition) is 2. The van der Waals surface area contributed by atoms with Gasteiger partial charge in [0, 0.05) is 0 Å². The zero-order valence-electron chi connectivity index (χ0n) is 11.6. The molecule has 0 saturated carbocycles. The van der Waals surface area contributed by atoms with Crippen LogP contribution in [-0.2, 0) is 22.4 Å². The molecule has 0 unspecified atom stereocenters. The maximum atomic E-state index is 11.8. The normalized spacial score (nSPS) is 12.2. The Morgan fingerprint density at radius 1 is 1.16 bits per heavy atom. The van der Waals surface area contributed by atoms with Crippen molar-refractivity contribution in [3.8, 4) is 0 Å². The predicted octanol–water partition coefficient (Wildman–Crippen LogP) is 2.02. The molecule has 0 heterocycles. The van der Waals surface area contributed by atoms with Crippen molar-refractivity contribution in [2.45, 2.75) is 39.7 Å². The molecule has 4 nitrogen and oxygen atoms in total. The molecule has 2 N–H and O–H groups in total. The predicted molar refractivity (Wildman–Crippen MR) is 73.9 cm³/mol. The van der Waals surface area contributed by atoms with Crippen molar-refractivity contribution in [2.24, 2.45) is 5.92 Å². The van der Waals surface area contributed by atoms with Crippen LogP contribution in [0, 0.1) is 5.92 Å². The number of carbonyl (C=O) groups excluding carboxylic acids is 1. The molecule has 19 heavy (non-hydrogen) atoms. The summed E-state index contributed by atoms with van der Waals surface area (Å²) < 4.78 is 0. The van der Waals surface area contributed by atoms with E-state index >= 15 is 0 Å². The van der Waals surface area contributed by atoms with Gasteiger partial charge in [0.2, 0.25) is 5.91 Å². The van der Waals surface area contributed by atoms with Crippen LogP contribution >= 0.6 is 0 Å². The minimum absolute atomic E-state index is 0.135. The molecule has 1 aromatic carbocycles. The first-order chi connectivity index (χ1) is 8.93. The van der Waals surface area contributed by atoms with E-state index in [2.05, 4.69) is 12.2 Å². The molecular formula is C15H21NO3. The third kappa shape index (κ3) is 4.73. The summed E-state index contributed by atoms with van der Waals surface area (Å²) in [6, 6.07) is 6.95. The van der Waals surface area contributed by atoms with Gasteiger partial charge in [-0.3, -0.25) is 4.79 Å². The summed E-state index contributed by atoms with van der Waals surface area (Å²) in [5.41, 5.74) is 2.11. The van der Waals surface area contributed by atoms with Crippen molar-refractivity contribution in [2.75, 3.05) is 0 Å². The van der Waals surface area contributed by atoms with Crippen molar-refractivity contribution in [1.82, 2.24) is 5.32 Å². The highest BCUT2D eigenvalue weighted by Crippen LogP contribution is 2.07. The Labute approximate surface area is 113 Å². The Morgan fingerprint density at radius 3 is 2.11 bits per heavy atom. The van der Waals surface area contributed by atoms with Crippen molar-refractivity contribution in [3.05, 3.63) is 35.4 Å². The Bertz CT molecular complexity index is 437. The fourth-order valence-electron chi connectivity index (χ4n) is 1.82. The number of carboxylic acids is 1. The van der Waals surface area contributed by atoms with Crippen LogP contribution in [0.25, 0.3) is 0 Å². The van der Waals surface area contributed by atoms with Crippen molar-refractivity contribution < 1.29 is 14.7 Å². The Balaban J connectivity index is 2.61. The molecule has 0 aliphatic carbocycles. The monoisotopic (exact) mass is 263 g/mol. The second-order valence-electron chi connectivity index (χ2n) is 4.97. The highest BCUT2D eigenvalue weighted by Gasteiger charge is 2.23. The van der Waals surface area contributed by atoms with Crippen LogP contribution in [0.1, 0.15) is 31.9 Å². The molecule has 0 radical (unpaired) electrons. The summed E-state index contributed by atoms with van der Waals surface area (Å²) in [6.45, 7) is 5.62. The maximum Gasteiger partial charge on any atom is 0.326 e. The van der Waals surface area contributed by atoms with Crippen LogP contribution in [0.3, 0.4) is 0 Å². The fraction of sp³-hybridized carbons (Fsp3) is 0.467. The van der Waals surface area contributed by atoms with E-state index in [1.165, 1.54) is 5.56 Å². The number of nitrogens with one attached hydrogen (secondary N) is 1. The number of aliphatic carboxylic acids is 1. The number of carbonyl (C=O) groups is 2. The van der Waals surface area contributed by atoms with Gasteiger partial charge in [0.05, 0.1) is 6.42 Å². The van der Waals surface area contributed by atoms with Gasteiger partial charge in [-0.15, -0.1) is 0 Å². The number of amides is 1. The first-order valence-corrected chi connectivity index (χ1v) is 6.54. The van der Waals surface area contributed by atoms with Gasteiger partial charge in [0.15, 0.2) is 0 Å². The summed E-state index contributed by atoms with van der Waals surface area (Å²) >= 11 is 0. The fourth-order valence-corrected chi connectivity index (χ4v) is 1.82. The minimum atomic E-state index is -0.996. The Hall–Kier alpha value is -1.84. The van der Waals surface area contributed by atoms with Gasteiger partial charge in [-0.2, -0.15) is 0 Å². The molecule has 0 saturated heterocycles. The third-order valence-corrected chi connectivity index (χ3v) is 3.05. The van der Waals surface area contributed by atoms with E-state index in [-0.39, 0.29) is 18.2 Å². The number of carboxylic acid groups (broad SMARTS) is 1. The summed E-state index contributed by atoms with van der Waals surface area (Å²) in [5, 5.41) is 11.6. The summed E-state index contributed by atoms with van der Waals surface area (Å²) in [4.78, 5) is 22.8. The highest BCUT2D eigenvalue weighted by molar-refractivity contribution is 5.85. The minimum Gasteiger partial charge on any atom is -0.480 e. The van der Waals surface area contributed by atoms with E-state index in [4.69, 9.17) is 5.11 Å². The third-order valence-electron chi connectivity index (χ3n) is 3.05. The van der Waals surface area contributed by atoms with Gasteiger partial charge in [-0.1, -0.05) is 45.0 Å². The average Bonchev–Trinajstić information content (AvgIpc) is 2.36. The van der Waals surface area contributed by atoms with Crippen molar-refractivity contribution >= 4 is 11.9 Å². The van der Waals surface area contributed by atoms with Crippen LogP contribution in [-0.4, -0.2) is 23.0 Å². The number of benzene rings is 1. The van der Waals surface area contributed by atoms with Crippen LogP contribution in [0.2, 0.25) is 0 Å². The van der Waals surface area contributed by atoms with Gasteiger partial charge in [-0.05, 0) is 23.5 Å². The smallest absolute Gasteiger partial charge is 0.326 e. The van der Waals surface area contributed by atoms with E-state index in [1.807, 2.05) is 24.3 Å². The van der Waals surface area contributed by atoms with Crippen molar-refractivity contribution in [1.29, 1.82) is 0 Å². The van der Waals surface area contributed by atoms with Crippen molar-refractivity contribution in [3.63, 3.8) is 0 Å². The van der Waals surface area contributed by atoms with E-state index in [0.717, 1.165) is 12.0 Å². The molecule has 0 spiro atoms. The quantitative estimate of drug-likeness (QED) is 0.825. The van der Waals surface area contributed by atoms with E-state index in [9.17, 15) is 9.59 Å². The second kappa shape index (κ2) is 6.92. The molecular weight excluding hydrogens is 242 g/mol. The Morgan fingerprint density at radius 2 is 1.68 bits per heavy atom. The topological polar surface area (TPSA) is 66.4 Å². The molecule has 104 valence electrons. The first-order valence-electron chi connectivity index (χ1n) is 6.54. The molecule has 4 heteroatoms. The Kier molecular flexibility index (Phi) is 5.55. The van der Waals surface area contributed by atoms with Crippen LogP contribution < -0.4 is 5.32 Å². The summed E-state index contributed by atoms with van der Waals surface area (Å²) in [5.74, 6) is -1.39. The molecule has 1 rings (SSSR count). The van der Waals surface area contributed by atoms with Gasteiger partial charge in [0.1, 0.15) is 6.04 Å². The molecule has 0 aliphatic heterocycles. The van der Waals surface area contributed by atoms with E-state index in [0.29, 0.717) is 0 Å². The number of aryl methyl sites for hydroxylation is 1. The van der Waals surface area contributed by atoms with Crippen LogP contribution in [0.15, 0.2) is 24.3 Å². The molecule has 0 fully saturated rings. The molecule has 0 bridgehead atoms. The summed E-state index contributed by atoms with van der Waals surface area (Å²) in [6.07, 6.45) is 1.17. The van der Waals surface area contributed by atoms with Crippen LogP contribution in [0.4, 0.5) is 0 Å². The zero-order valence-corrected chi connectivity index (χ0v) is 11.6. The number of rotatable bonds is 6.